The van der Waals surface area contributed by atoms with Gasteiger partial charge in [0.1, 0.15) is 6.61 Å². The maximum Gasteiger partial charge on any atom is 0.317 e. The number of hydrogen-bond acceptors (Lipinski definition) is 3. The maximum absolute atomic E-state index is 11.7. The molecule has 6 heteroatoms. The van der Waals surface area contributed by atoms with Crippen LogP contribution in [0.15, 0.2) is 0 Å². The van der Waals surface area contributed by atoms with E-state index in [-0.39, 0.29) is 12.6 Å². The molecule has 1 saturated heterocycles. The number of nitrogens with one attached hydrogen (secondary N) is 1. The number of nitrogens with two attached hydrogens (primary N) is 1. The van der Waals surface area contributed by atoms with Gasteiger partial charge in [-0.3, -0.25) is 4.79 Å². The van der Waals surface area contributed by atoms with Crippen molar-refractivity contribution >= 4 is 11.9 Å². The highest BCUT2D eigenvalue weighted by Gasteiger charge is 2.19. The summed E-state index contributed by atoms with van der Waals surface area (Å²) >= 11 is 0. The fraction of sp³-hybridized carbons (Fsp3) is 0.818. The molecule has 0 spiro atoms. The van der Waals surface area contributed by atoms with Crippen LogP contribution >= 0.6 is 0 Å². The Kier molecular flexibility index (Phi) is 5.76. The maximum atomic E-state index is 11.7. The van der Waals surface area contributed by atoms with Crippen LogP contribution in [0.5, 0.6) is 0 Å². The van der Waals surface area contributed by atoms with E-state index in [9.17, 15) is 9.59 Å². The van der Waals surface area contributed by atoms with Crippen LogP contribution in [0.3, 0.4) is 0 Å². The van der Waals surface area contributed by atoms with Crippen LogP contribution in [-0.4, -0.2) is 49.7 Å². The Morgan fingerprint density at radius 3 is 2.65 bits per heavy atom. The molecule has 0 aromatic carbocycles. The lowest BCUT2D eigenvalue weighted by Crippen LogP contribution is -2.45. The Labute approximate surface area is 101 Å². The van der Waals surface area contributed by atoms with E-state index in [1.54, 1.807) is 0 Å². The molecule has 1 fully saturated rings. The van der Waals surface area contributed by atoms with E-state index < -0.39 is 5.91 Å². The van der Waals surface area contributed by atoms with Gasteiger partial charge < -0.3 is 20.7 Å². The second-order valence-electron chi connectivity index (χ2n) is 4.42. The van der Waals surface area contributed by atoms with Crippen LogP contribution in [0.4, 0.5) is 4.79 Å². The van der Waals surface area contributed by atoms with Crippen molar-refractivity contribution in [2.24, 2.45) is 11.7 Å². The average Bonchev–Trinajstić information content (AvgIpc) is 2.29. The first-order valence-electron chi connectivity index (χ1n) is 5.98. The number of hydrogen-bond donors (Lipinski definition) is 2. The molecule has 1 rings (SSSR count). The molecule has 0 aromatic rings. The molecule has 0 atom stereocenters. The Morgan fingerprint density at radius 1 is 1.41 bits per heavy atom. The molecule has 0 aliphatic carbocycles. The number of rotatable bonds is 5. The lowest BCUT2D eigenvalue weighted by Gasteiger charge is -2.30. The minimum atomic E-state index is -0.499. The van der Waals surface area contributed by atoms with Gasteiger partial charge in [0.15, 0.2) is 0 Å². The molecule has 17 heavy (non-hydrogen) atoms. The molecule has 6 nitrogen and oxygen atoms in total. The molecule has 0 bridgehead atoms. The Balaban J connectivity index is 2.06. The third-order valence-corrected chi connectivity index (χ3v) is 2.84. The van der Waals surface area contributed by atoms with Crippen molar-refractivity contribution in [3.05, 3.63) is 0 Å². The first kappa shape index (κ1) is 13.8. The molecule has 1 heterocycles. The van der Waals surface area contributed by atoms with Crippen molar-refractivity contribution < 1.29 is 14.3 Å². The van der Waals surface area contributed by atoms with E-state index >= 15 is 0 Å². The van der Waals surface area contributed by atoms with Gasteiger partial charge in [0.2, 0.25) is 5.91 Å². The molecule has 1 aliphatic heterocycles. The molecule has 0 saturated carbocycles. The normalized spacial score (nSPS) is 16.9. The van der Waals surface area contributed by atoms with Crippen LogP contribution in [0.1, 0.15) is 19.8 Å². The number of ether oxygens (including phenoxy) is 1. The van der Waals surface area contributed by atoms with Crippen molar-refractivity contribution in [3.63, 3.8) is 0 Å². The zero-order valence-corrected chi connectivity index (χ0v) is 10.3. The average molecular weight is 243 g/mol. The van der Waals surface area contributed by atoms with Crippen LogP contribution < -0.4 is 11.1 Å². The number of urea groups is 1. The minimum Gasteiger partial charge on any atom is -0.370 e. The molecular weight excluding hydrogens is 222 g/mol. The molecule has 3 N–H and O–H groups in total. The number of piperidine rings is 1. The van der Waals surface area contributed by atoms with E-state index in [0.717, 1.165) is 25.9 Å². The summed E-state index contributed by atoms with van der Waals surface area (Å²) in [7, 11) is 0. The Hall–Kier alpha value is -1.30. The first-order chi connectivity index (χ1) is 8.09. The minimum absolute atomic E-state index is 0.0559. The smallest absolute Gasteiger partial charge is 0.317 e. The van der Waals surface area contributed by atoms with Gasteiger partial charge in [0.05, 0.1) is 6.61 Å². The summed E-state index contributed by atoms with van der Waals surface area (Å²) in [5, 5.41) is 2.75. The zero-order valence-electron chi connectivity index (χ0n) is 10.3. The number of amides is 3. The van der Waals surface area contributed by atoms with E-state index in [0.29, 0.717) is 19.1 Å². The van der Waals surface area contributed by atoms with Crippen molar-refractivity contribution in [1.29, 1.82) is 0 Å². The molecule has 0 radical (unpaired) electrons. The quantitative estimate of drug-likeness (QED) is 0.663. The third-order valence-electron chi connectivity index (χ3n) is 2.84. The molecule has 98 valence electrons. The second-order valence-corrected chi connectivity index (χ2v) is 4.42. The summed E-state index contributed by atoms with van der Waals surface area (Å²) < 4.78 is 4.94. The van der Waals surface area contributed by atoms with Crippen molar-refractivity contribution in [2.45, 2.75) is 19.8 Å². The highest BCUT2D eigenvalue weighted by Crippen LogP contribution is 2.15. The van der Waals surface area contributed by atoms with Gasteiger partial charge in [-0.1, -0.05) is 6.92 Å². The van der Waals surface area contributed by atoms with Crippen molar-refractivity contribution in [2.75, 3.05) is 32.8 Å². The fourth-order valence-corrected chi connectivity index (χ4v) is 1.73. The standard InChI is InChI=1S/C11H21N3O3/c1-9-2-5-14(6-3-9)11(16)13-4-7-17-8-10(12)15/h9H,2-8H2,1H3,(H2,12,15)(H,13,16). The number of likely N-dealkylation sites (tertiary alicyclic amines) is 1. The predicted octanol–water partition coefficient (Wildman–Crippen LogP) is -0.0702. The van der Waals surface area contributed by atoms with Gasteiger partial charge >= 0.3 is 6.03 Å². The van der Waals surface area contributed by atoms with E-state index in [1.807, 2.05) is 4.90 Å². The topological polar surface area (TPSA) is 84.7 Å². The molecule has 0 unspecified atom stereocenters. The number of carbonyl (C=O) groups is 2. The summed E-state index contributed by atoms with van der Waals surface area (Å²) in [6.07, 6.45) is 2.12. The second kappa shape index (κ2) is 7.11. The van der Waals surface area contributed by atoms with E-state index in [1.165, 1.54) is 0 Å². The van der Waals surface area contributed by atoms with Gasteiger partial charge in [-0.2, -0.15) is 0 Å². The Morgan fingerprint density at radius 2 is 2.06 bits per heavy atom. The van der Waals surface area contributed by atoms with E-state index in [4.69, 9.17) is 10.5 Å². The predicted molar refractivity (Wildman–Crippen MR) is 63.4 cm³/mol. The number of nitrogens with zero attached hydrogens (tertiary/aromatic N) is 1. The van der Waals surface area contributed by atoms with Crippen LogP contribution in [0, 0.1) is 5.92 Å². The first-order valence-corrected chi connectivity index (χ1v) is 5.98. The van der Waals surface area contributed by atoms with Gasteiger partial charge in [0, 0.05) is 19.6 Å². The summed E-state index contributed by atoms with van der Waals surface area (Å²) in [5.41, 5.74) is 4.90. The summed E-state index contributed by atoms with van der Waals surface area (Å²) in [6.45, 7) is 4.44. The molecule has 1 aliphatic rings. The Bertz CT molecular complexity index is 263. The summed E-state index contributed by atoms with van der Waals surface area (Å²) in [6, 6.07) is -0.0559. The molecule has 0 aromatic heterocycles. The molecule has 3 amide bonds. The molecular formula is C11H21N3O3. The largest absolute Gasteiger partial charge is 0.370 e. The highest BCUT2D eigenvalue weighted by molar-refractivity contribution is 5.75. The van der Waals surface area contributed by atoms with Gasteiger partial charge in [0.25, 0.3) is 0 Å². The summed E-state index contributed by atoms with van der Waals surface area (Å²) in [5.74, 6) is 0.208. The lowest BCUT2D eigenvalue weighted by molar-refractivity contribution is -0.122. The van der Waals surface area contributed by atoms with E-state index in [2.05, 4.69) is 12.2 Å². The van der Waals surface area contributed by atoms with Gasteiger partial charge in [-0.05, 0) is 18.8 Å². The van der Waals surface area contributed by atoms with Crippen LogP contribution in [0.2, 0.25) is 0 Å². The lowest BCUT2D eigenvalue weighted by atomic mass is 10.00. The zero-order chi connectivity index (χ0) is 12.7. The van der Waals surface area contributed by atoms with Crippen molar-refractivity contribution in [1.82, 2.24) is 10.2 Å². The fourth-order valence-electron chi connectivity index (χ4n) is 1.73. The monoisotopic (exact) mass is 243 g/mol. The summed E-state index contributed by atoms with van der Waals surface area (Å²) in [4.78, 5) is 23.9. The van der Waals surface area contributed by atoms with Crippen LogP contribution in [-0.2, 0) is 9.53 Å². The van der Waals surface area contributed by atoms with Gasteiger partial charge in [-0.15, -0.1) is 0 Å². The van der Waals surface area contributed by atoms with Crippen molar-refractivity contribution in [3.8, 4) is 0 Å². The third kappa shape index (κ3) is 5.53. The highest BCUT2D eigenvalue weighted by atomic mass is 16.5. The number of primary amides is 1. The van der Waals surface area contributed by atoms with Gasteiger partial charge in [-0.25, -0.2) is 4.79 Å². The van der Waals surface area contributed by atoms with Crippen LogP contribution in [0.25, 0.3) is 0 Å². The number of carbonyl (C=O) groups excluding carboxylic acids is 2. The SMILES string of the molecule is CC1CCN(C(=O)NCCOCC(N)=O)CC1.